The Bertz CT molecular complexity index is 1400. The van der Waals surface area contributed by atoms with E-state index in [1.165, 1.54) is 11.1 Å². The third-order valence-electron chi connectivity index (χ3n) is 8.28. The highest BCUT2D eigenvalue weighted by atomic mass is 16.5. The molecule has 2 unspecified atom stereocenters. The number of hydrogen-bond donors (Lipinski definition) is 1. The summed E-state index contributed by atoms with van der Waals surface area (Å²) in [5, 5.41) is 3.12. The Morgan fingerprint density at radius 1 is 0.907 bits per heavy atom. The molecule has 1 saturated heterocycles. The van der Waals surface area contributed by atoms with E-state index in [0.29, 0.717) is 18.0 Å². The number of para-hydroxylation sites is 1. The van der Waals surface area contributed by atoms with Gasteiger partial charge in [0, 0.05) is 36.7 Å². The van der Waals surface area contributed by atoms with Gasteiger partial charge >= 0.3 is 0 Å². The average molecular weight is 578 g/mol. The molecule has 4 aromatic carbocycles. The van der Waals surface area contributed by atoms with E-state index in [1.54, 1.807) is 7.11 Å². The van der Waals surface area contributed by atoms with Gasteiger partial charge in [0.2, 0.25) is 0 Å². The summed E-state index contributed by atoms with van der Waals surface area (Å²) in [5.41, 5.74) is 4.29. The van der Waals surface area contributed by atoms with E-state index in [0.717, 1.165) is 49.5 Å². The third kappa shape index (κ3) is 8.04. The van der Waals surface area contributed by atoms with Crippen molar-refractivity contribution in [3.63, 3.8) is 0 Å². The standard InChI is InChI=1S/C37H43N3O3/c1-39(2)35(33-21-10-11-22-36(33)42-3)25-38-37(41)30-18-12-19-31(24-30)43-32-20-13-23-40(26-32)27-34(28-14-6-4-7-15-28)29-16-8-5-9-17-29/h4-12,14-19,21-22,24,32,34-35H,13,20,23,25-27H2,1-3H3,(H,38,41). The molecule has 0 saturated carbocycles. The van der Waals surface area contributed by atoms with Gasteiger partial charge < -0.3 is 19.7 Å². The Morgan fingerprint density at radius 3 is 2.26 bits per heavy atom. The fraction of sp³-hybridized carbons (Fsp3) is 0.324. The van der Waals surface area contributed by atoms with Gasteiger partial charge in [0.25, 0.3) is 5.91 Å². The van der Waals surface area contributed by atoms with Gasteiger partial charge in [-0.15, -0.1) is 0 Å². The second-order valence-electron chi connectivity index (χ2n) is 11.5. The minimum Gasteiger partial charge on any atom is -0.496 e. The Hall–Kier alpha value is -4.13. The predicted octanol–water partition coefficient (Wildman–Crippen LogP) is 6.40. The molecule has 0 aromatic heterocycles. The zero-order valence-electron chi connectivity index (χ0n) is 25.5. The lowest BCUT2D eigenvalue weighted by atomic mass is 9.90. The smallest absolute Gasteiger partial charge is 0.251 e. The molecule has 224 valence electrons. The molecule has 1 aliphatic rings. The lowest BCUT2D eigenvalue weighted by molar-refractivity contribution is 0.0860. The van der Waals surface area contributed by atoms with E-state index in [4.69, 9.17) is 9.47 Å². The van der Waals surface area contributed by atoms with E-state index in [-0.39, 0.29) is 18.1 Å². The average Bonchev–Trinajstić information content (AvgIpc) is 3.05. The lowest BCUT2D eigenvalue weighted by Crippen LogP contribution is -2.43. The van der Waals surface area contributed by atoms with Crippen LogP contribution in [0, 0.1) is 0 Å². The number of nitrogens with one attached hydrogen (secondary N) is 1. The summed E-state index contributed by atoms with van der Waals surface area (Å²) in [5.74, 6) is 1.73. The van der Waals surface area contributed by atoms with Crippen molar-refractivity contribution in [1.29, 1.82) is 0 Å². The molecular formula is C37H43N3O3. The van der Waals surface area contributed by atoms with Crippen LogP contribution >= 0.6 is 0 Å². The molecule has 1 amide bonds. The highest BCUT2D eigenvalue weighted by Crippen LogP contribution is 2.29. The van der Waals surface area contributed by atoms with Crippen molar-refractivity contribution in [2.24, 2.45) is 0 Å². The topological polar surface area (TPSA) is 54.0 Å². The van der Waals surface area contributed by atoms with Crippen LogP contribution in [0.25, 0.3) is 0 Å². The Labute approximate surface area is 256 Å². The summed E-state index contributed by atoms with van der Waals surface area (Å²) in [7, 11) is 5.69. The molecule has 6 heteroatoms. The van der Waals surface area contributed by atoms with Crippen LogP contribution < -0.4 is 14.8 Å². The molecule has 6 nitrogen and oxygen atoms in total. The van der Waals surface area contributed by atoms with Crippen molar-refractivity contribution < 1.29 is 14.3 Å². The SMILES string of the molecule is COc1ccccc1C(CNC(=O)c1cccc(OC2CCCN(CC(c3ccccc3)c3ccccc3)C2)c1)N(C)C. The highest BCUT2D eigenvalue weighted by Gasteiger charge is 2.26. The Morgan fingerprint density at radius 2 is 1.58 bits per heavy atom. The minimum absolute atomic E-state index is 0.0247. The van der Waals surface area contributed by atoms with Crippen molar-refractivity contribution in [3.05, 3.63) is 131 Å². The lowest BCUT2D eigenvalue weighted by Gasteiger charge is -2.35. The number of methoxy groups -OCH3 is 1. The van der Waals surface area contributed by atoms with Crippen molar-refractivity contribution in [2.75, 3.05) is 47.4 Å². The summed E-state index contributed by atoms with van der Waals surface area (Å²) in [4.78, 5) is 17.8. The number of carbonyl (C=O) groups excluding carboxylic acids is 1. The monoisotopic (exact) mass is 577 g/mol. The van der Waals surface area contributed by atoms with Crippen LogP contribution in [-0.2, 0) is 0 Å². The zero-order chi connectivity index (χ0) is 30.0. The molecule has 1 heterocycles. The molecule has 43 heavy (non-hydrogen) atoms. The van der Waals surface area contributed by atoms with Gasteiger partial charge in [0.05, 0.1) is 13.2 Å². The van der Waals surface area contributed by atoms with Crippen LogP contribution in [-0.4, -0.2) is 69.2 Å². The van der Waals surface area contributed by atoms with E-state index >= 15 is 0 Å². The number of hydrogen-bond acceptors (Lipinski definition) is 5. The minimum atomic E-state index is -0.119. The second-order valence-corrected chi connectivity index (χ2v) is 11.5. The quantitative estimate of drug-likeness (QED) is 0.211. The number of likely N-dealkylation sites (N-methyl/N-ethyl adjacent to an activating group) is 1. The largest absolute Gasteiger partial charge is 0.496 e. The highest BCUT2D eigenvalue weighted by molar-refractivity contribution is 5.94. The van der Waals surface area contributed by atoms with E-state index in [9.17, 15) is 4.79 Å². The van der Waals surface area contributed by atoms with E-state index in [1.807, 2.05) is 62.6 Å². The molecule has 0 radical (unpaired) electrons. The van der Waals surface area contributed by atoms with Crippen molar-refractivity contribution in [2.45, 2.75) is 30.9 Å². The number of piperidine rings is 1. The number of carbonyl (C=O) groups is 1. The van der Waals surface area contributed by atoms with Crippen LogP contribution in [0.1, 0.15) is 51.8 Å². The second kappa shape index (κ2) is 14.9. The van der Waals surface area contributed by atoms with Gasteiger partial charge in [-0.2, -0.15) is 0 Å². The van der Waals surface area contributed by atoms with E-state index in [2.05, 4.69) is 75.8 Å². The first-order valence-corrected chi connectivity index (χ1v) is 15.2. The maximum absolute atomic E-state index is 13.2. The van der Waals surface area contributed by atoms with Gasteiger partial charge in [-0.3, -0.25) is 9.69 Å². The molecule has 0 aliphatic carbocycles. The zero-order valence-corrected chi connectivity index (χ0v) is 25.5. The van der Waals surface area contributed by atoms with Crippen LogP contribution in [0.15, 0.2) is 109 Å². The summed E-state index contributed by atoms with van der Waals surface area (Å²) in [6, 6.07) is 37.0. The number of rotatable bonds is 12. The van der Waals surface area contributed by atoms with E-state index < -0.39 is 0 Å². The van der Waals surface area contributed by atoms with Crippen LogP contribution in [0.4, 0.5) is 0 Å². The first kappa shape index (κ1) is 30.3. The molecular weight excluding hydrogens is 534 g/mol. The Balaban J connectivity index is 1.21. The van der Waals surface area contributed by atoms with Crippen LogP contribution in [0.5, 0.6) is 11.5 Å². The fourth-order valence-corrected chi connectivity index (χ4v) is 6.01. The van der Waals surface area contributed by atoms with Crippen LogP contribution in [0.3, 0.4) is 0 Å². The number of ether oxygens (including phenoxy) is 2. The number of nitrogens with zero attached hydrogens (tertiary/aromatic N) is 2. The third-order valence-corrected chi connectivity index (χ3v) is 8.28. The van der Waals surface area contributed by atoms with Gasteiger partial charge in [0.1, 0.15) is 17.6 Å². The van der Waals surface area contributed by atoms with Gasteiger partial charge in [0.15, 0.2) is 0 Å². The molecule has 2 atom stereocenters. The normalized spacial score (nSPS) is 16.2. The molecule has 1 N–H and O–H groups in total. The first-order valence-electron chi connectivity index (χ1n) is 15.2. The van der Waals surface area contributed by atoms with Crippen molar-refractivity contribution in [1.82, 2.24) is 15.1 Å². The molecule has 4 aromatic rings. The molecule has 0 bridgehead atoms. The summed E-state index contributed by atoms with van der Waals surface area (Å²) >= 11 is 0. The summed E-state index contributed by atoms with van der Waals surface area (Å²) in [6.07, 6.45) is 2.15. The molecule has 0 spiro atoms. The summed E-state index contributed by atoms with van der Waals surface area (Å²) < 4.78 is 12.1. The molecule has 5 rings (SSSR count). The predicted molar refractivity (Wildman–Crippen MR) is 173 cm³/mol. The number of amides is 1. The van der Waals surface area contributed by atoms with Crippen LogP contribution in [0.2, 0.25) is 0 Å². The molecule has 1 fully saturated rings. The van der Waals surface area contributed by atoms with Gasteiger partial charge in [-0.05, 0) is 68.9 Å². The number of likely N-dealkylation sites (tertiary alicyclic amines) is 1. The first-order chi connectivity index (χ1) is 21.0. The van der Waals surface area contributed by atoms with Gasteiger partial charge in [-0.25, -0.2) is 0 Å². The maximum Gasteiger partial charge on any atom is 0.251 e. The summed E-state index contributed by atoms with van der Waals surface area (Å²) in [6.45, 7) is 3.31. The van der Waals surface area contributed by atoms with Crippen molar-refractivity contribution in [3.8, 4) is 11.5 Å². The van der Waals surface area contributed by atoms with Crippen molar-refractivity contribution >= 4 is 5.91 Å². The van der Waals surface area contributed by atoms with Gasteiger partial charge in [-0.1, -0.05) is 84.9 Å². The Kier molecular flexibility index (Phi) is 10.5. The fourth-order valence-electron chi connectivity index (χ4n) is 6.01. The maximum atomic E-state index is 13.2. The number of benzene rings is 4. The molecule has 1 aliphatic heterocycles.